The van der Waals surface area contributed by atoms with Gasteiger partial charge in [-0.05, 0) is 31.4 Å². The zero-order valence-corrected chi connectivity index (χ0v) is 16.0. The lowest BCUT2D eigenvalue weighted by Gasteiger charge is -2.11. The molecule has 0 N–H and O–H groups in total. The Hall–Kier alpha value is -2.80. The Morgan fingerprint density at radius 3 is 2.75 bits per heavy atom. The molecular formula is C21H23N5O2. The molecule has 1 atom stereocenters. The van der Waals surface area contributed by atoms with Gasteiger partial charge in [-0.1, -0.05) is 25.5 Å². The van der Waals surface area contributed by atoms with Gasteiger partial charge in [-0.3, -0.25) is 9.36 Å². The minimum atomic E-state index is -0.0645. The number of para-hydroxylation sites is 2. The van der Waals surface area contributed by atoms with Crippen molar-refractivity contribution in [3.05, 3.63) is 40.9 Å². The van der Waals surface area contributed by atoms with E-state index in [0.29, 0.717) is 23.1 Å². The van der Waals surface area contributed by atoms with Crippen LogP contribution < -0.4 is 5.56 Å². The van der Waals surface area contributed by atoms with Crippen molar-refractivity contribution < 1.29 is 4.74 Å². The number of hydrogen-bond donors (Lipinski definition) is 0. The average Bonchev–Trinajstić information content (AvgIpc) is 3.33. The van der Waals surface area contributed by atoms with E-state index >= 15 is 0 Å². The van der Waals surface area contributed by atoms with Crippen LogP contribution in [0.3, 0.4) is 0 Å². The maximum absolute atomic E-state index is 13.3. The van der Waals surface area contributed by atoms with E-state index in [0.717, 1.165) is 55.5 Å². The number of nitrogens with zero attached hydrogens (tertiary/aromatic N) is 5. The molecule has 1 aromatic carbocycles. The van der Waals surface area contributed by atoms with Crippen LogP contribution in [0.4, 0.5) is 0 Å². The summed E-state index contributed by atoms with van der Waals surface area (Å²) in [5, 5.41) is 0.560. The van der Waals surface area contributed by atoms with Crippen LogP contribution >= 0.6 is 0 Å². The number of benzene rings is 1. The molecule has 1 fully saturated rings. The Kier molecular flexibility index (Phi) is 4.31. The van der Waals surface area contributed by atoms with Gasteiger partial charge in [-0.25, -0.2) is 15.0 Å². The van der Waals surface area contributed by atoms with Gasteiger partial charge < -0.3 is 9.30 Å². The summed E-state index contributed by atoms with van der Waals surface area (Å²) < 4.78 is 9.42. The van der Waals surface area contributed by atoms with Crippen LogP contribution in [-0.4, -0.2) is 36.8 Å². The summed E-state index contributed by atoms with van der Waals surface area (Å²) in [6.07, 6.45) is 5.80. The van der Waals surface area contributed by atoms with Gasteiger partial charge in [0, 0.05) is 13.2 Å². The van der Waals surface area contributed by atoms with E-state index in [9.17, 15) is 4.79 Å². The minimum Gasteiger partial charge on any atom is -0.376 e. The predicted octanol–water partition coefficient (Wildman–Crippen LogP) is 3.27. The Bertz CT molecular complexity index is 1220. The summed E-state index contributed by atoms with van der Waals surface area (Å²) in [4.78, 5) is 27.6. The van der Waals surface area contributed by atoms with Gasteiger partial charge in [0.2, 0.25) is 0 Å². The van der Waals surface area contributed by atoms with Crippen LogP contribution in [0, 0.1) is 0 Å². The molecule has 1 aliphatic rings. The third-order valence-corrected chi connectivity index (χ3v) is 5.48. The summed E-state index contributed by atoms with van der Waals surface area (Å²) in [5.41, 5.74) is 3.61. The van der Waals surface area contributed by atoms with Crippen molar-refractivity contribution in [2.75, 3.05) is 6.61 Å². The van der Waals surface area contributed by atoms with Crippen molar-refractivity contribution in [1.29, 1.82) is 0 Å². The van der Waals surface area contributed by atoms with Crippen LogP contribution in [0.2, 0.25) is 0 Å². The fourth-order valence-electron chi connectivity index (χ4n) is 4.01. The highest BCUT2D eigenvalue weighted by Gasteiger charge is 2.22. The van der Waals surface area contributed by atoms with Crippen LogP contribution in [0.15, 0.2) is 35.4 Å². The SMILES string of the molecule is CCCCn1c2nc3ccccc3nc2c2c(=O)n(CC3CCCO3)cnc21. The van der Waals surface area contributed by atoms with Crippen LogP contribution in [-0.2, 0) is 17.8 Å². The van der Waals surface area contributed by atoms with E-state index in [1.807, 2.05) is 28.8 Å². The number of hydrogen-bond acceptors (Lipinski definition) is 5. The molecule has 1 aliphatic heterocycles. The summed E-state index contributed by atoms with van der Waals surface area (Å²) in [6, 6.07) is 7.77. The first-order valence-corrected chi connectivity index (χ1v) is 10.0. The molecule has 0 radical (unpaired) electrons. The molecular weight excluding hydrogens is 354 g/mol. The zero-order valence-electron chi connectivity index (χ0n) is 16.0. The molecule has 3 aromatic heterocycles. The average molecular weight is 377 g/mol. The van der Waals surface area contributed by atoms with E-state index in [-0.39, 0.29) is 11.7 Å². The van der Waals surface area contributed by atoms with Gasteiger partial charge in [0.1, 0.15) is 10.9 Å². The van der Waals surface area contributed by atoms with Crippen molar-refractivity contribution in [1.82, 2.24) is 24.1 Å². The molecule has 1 saturated heterocycles. The molecule has 4 aromatic rings. The molecule has 0 saturated carbocycles. The van der Waals surface area contributed by atoms with Crippen molar-refractivity contribution in [2.24, 2.45) is 0 Å². The van der Waals surface area contributed by atoms with Crippen molar-refractivity contribution in [3.63, 3.8) is 0 Å². The third kappa shape index (κ3) is 2.77. The van der Waals surface area contributed by atoms with Gasteiger partial charge in [-0.15, -0.1) is 0 Å². The molecule has 0 amide bonds. The number of rotatable bonds is 5. The number of ether oxygens (including phenoxy) is 1. The van der Waals surface area contributed by atoms with Crippen LogP contribution in [0.25, 0.3) is 33.2 Å². The lowest BCUT2D eigenvalue weighted by Crippen LogP contribution is -2.26. The molecule has 28 heavy (non-hydrogen) atoms. The monoisotopic (exact) mass is 377 g/mol. The summed E-state index contributed by atoms with van der Waals surface area (Å²) in [6.45, 7) is 4.22. The van der Waals surface area contributed by atoms with Crippen molar-refractivity contribution >= 4 is 33.2 Å². The Labute approximate surface area is 162 Å². The van der Waals surface area contributed by atoms with Crippen LogP contribution in [0.1, 0.15) is 32.6 Å². The maximum Gasteiger partial charge on any atom is 0.265 e. The van der Waals surface area contributed by atoms with Crippen molar-refractivity contribution in [2.45, 2.75) is 51.8 Å². The fourth-order valence-corrected chi connectivity index (χ4v) is 4.01. The third-order valence-electron chi connectivity index (χ3n) is 5.48. The quantitative estimate of drug-likeness (QED) is 0.534. The molecule has 0 spiro atoms. The zero-order chi connectivity index (χ0) is 19.1. The maximum atomic E-state index is 13.3. The Morgan fingerprint density at radius 2 is 2.00 bits per heavy atom. The van der Waals surface area contributed by atoms with Gasteiger partial charge >= 0.3 is 0 Å². The van der Waals surface area contributed by atoms with E-state index < -0.39 is 0 Å². The molecule has 0 bridgehead atoms. The fraction of sp³-hybridized carbons (Fsp3) is 0.429. The van der Waals surface area contributed by atoms with Gasteiger partial charge in [0.15, 0.2) is 11.3 Å². The van der Waals surface area contributed by atoms with E-state index in [1.54, 1.807) is 10.9 Å². The molecule has 1 unspecified atom stereocenters. The Balaban J connectivity index is 1.77. The highest BCUT2D eigenvalue weighted by atomic mass is 16.5. The van der Waals surface area contributed by atoms with E-state index in [2.05, 4.69) is 11.9 Å². The predicted molar refractivity (Wildman–Crippen MR) is 108 cm³/mol. The molecule has 5 rings (SSSR count). The lowest BCUT2D eigenvalue weighted by molar-refractivity contribution is 0.0960. The first-order valence-electron chi connectivity index (χ1n) is 10.0. The number of aromatic nitrogens is 5. The second-order valence-electron chi connectivity index (χ2n) is 7.43. The molecule has 7 nitrogen and oxygen atoms in total. The second-order valence-corrected chi connectivity index (χ2v) is 7.43. The van der Waals surface area contributed by atoms with E-state index in [4.69, 9.17) is 14.7 Å². The molecule has 7 heteroatoms. The molecule has 0 aliphatic carbocycles. The van der Waals surface area contributed by atoms with Gasteiger partial charge in [-0.2, -0.15) is 0 Å². The first kappa shape index (κ1) is 17.3. The number of unbranched alkanes of at least 4 members (excludes halogenated alkanes) is 1. The Morgan fingerprint density at radius 1 is 1.18 bits per heavy atom. The van der Waals surface area contributed by atoms with E-state index in [1.165, 1.54) is 0 Å². The normalized spacial score (nSPS) is 17.2. The van der Waals surface area contributed by atoms with Gasteiger partial charge in [0.25, 0.3) is 5.56 Å². The van der Waals surface area contributed by atoms with Crippen molar-refractivity contribution in [3.8, 4) is 0 Å². The minimum absolute atomic E-state index is 0.0645. The van der Waals surface area contributed by atoms with Gasteiger partial charge in [0.05, 0.1) is 30.0 Å². The lowest BCUT2D eigenvalue weighted by atomic mass is 10.2. The largest absolute Gasteiger partial charge is 0.376 e. The summed E-state index contributed by atoms with van der Waals surface area (Å²) in [5.74, 6) is 0. The number of aryl methyl sites for hydroxylation is 1. The second kappa shape index (κ2) is 6.98. The summed E-state index contributed by atoms with van der Waals surface area (Å²) >= 11 is 0. The smallest absolute Gasteiger partial charge is 0.265 e. The highest BCUT2D eigenvalue weighted by Crippen LogP contribution is 2.25. The number of fused-ring (bicyclic) bond motifs is 4. The molecule has 4 heterocycles. The standard InChI is InChI=1S/C21H23N5O2/c1-2-3-10-26-19-17(18-20(26)24-16-9-5-4-8-15(16)23-18)21(27)25(13-22-19)12-14-7-6-11-28-14/h4-5,8-9,13-14H,2-3,6-7,10-12H2,1H3. The molecule has 144 valence electrons. The topological polar surface area (TPSA) is 74.8 Å². The first-order chi connectivity index (χ1) is 13.8. The highest BCUT2D eigenvalue weighted by molar-refractivity contribution is 6.04. The van der Waals surface area contributed by atoms with Crippen LogP contribution in [0.5, 0.6) is 0 Å². The summed E-state index contributed by atoms with van der Waals surface area (Å²) in [7, 11) is 0.